The van der Waals surface area contributed by atoms with Gasteiger partial charge in [0.15, 0.2) is 0 Å². The Morgan fingerprint density at radius 2 is 2.05 bits per heavy atom. The van der Waals surface area contributed by atoms with Crippen LogP contribution in [0, 0.1) is 6.92 Å². The lowest BCUT2D eigenvalue weighted by atomic mass is 10.3. The van der Waals surface area contributed by atoms with Crippen molar-refractivity contribution in [3.8, 4) is 0 Å². The maximum absolute atomic E-state index is 12.8. The quantitative estimate of drug-likeness (QED) is 0.842. The SMILES string of the molecule is CCCN(C(C)C)S(=O)(=O)c1c(C)csc1CNC. The van der Waals surface area contributed by atoms with Crippen molar-refractivity contribution in [2.75, 3.05) is 13.6 Å². The molecule has 0 spiro atoms. The van der Waals surface area contributed by atoms with Crippen molar-refractivity contribution in [1.29, 1.82) is 0 Å². The number of rotatable bonds is 7. The van der Waals surface area contributed by atoms with Gasteiger partial charge in [0.05, 0.1) is 0 Å². The molecule has 19 heavy (non-hydrogen) atoms. The zero-order chi connectivity index (χ0) is 14.6. The summed E-state index contributed by atoms with van der Waals surface area (Å²) in [6, 6.07) is -0.0216. The molecule has 6 heteroatoms. The van der Waals surface area contributed by atoms with Gasteiger partial charge in [-0.1, -0.05) is 6.92 Å². The van der Waals surface area contributed by atoms with Crippen molar-refractivity contribution in [2.45, 2.75) is 51.6 Å². The van der Waals surface area contributed by atoms with E-state index in [1.165, 1.54) is 11.3 Å². The van der Waals surface area contributed by atoms with Crippen LogP contribution in [0.15, 0.2) is 10.3 Å². The van der Waals surface area contributed by atoms with Gasteiger partial charge in [-0.2, -0.15) is 4.31 Å². The molecule has 0 radical (unpaired) electrons. The lowest BCUT2D eigenvalue weighted by molar-refractivity contribution is 0.353. The molecular weight excluding hydrogens is 280 g/mol. The summed E-state index contributed by atoms with van der Waals surface area (Å²) >= 11 is 1.51. The summed E-state index contributed by atoms with van der Waals surface area (Å²) in [4.78, 5) is 1.38. The van der Waals surface area contributed by atoms with Crippen LogP contribution in [0.4, 0.5) is 0 Å². The molecule has 1 rings (SSSR count). The van der Waals surface area contributed by atoms with Gasteiger partial charge in [0.25, 0.3) is 0 Å². The van der Waals surface area contributed by atoms with E-state index in [0.717, 1.165) is 16.9 Å². The highest BCUT2D eigenvalue weighted by molar-refractivity contribution is 7.89. The molecule has 0 bridgehead atoms. The Labute approximate surface area is 120 Å². The highest BCUT2D eigenvalue weighted by Crippen LogP contribution is 2.30. The highest BCUT2D eigenvalue weighted by atomic mass is 32.2. The van der Waals surface area contributed by atoms with Crippen LogP contribution in [0.1, 0.15) is 37.6 Å². The van der Waals surface area contributed by atoms with Crippen LogP contribution in [-0.2, 0) is 16.6 Å². The van der Waals surface area contributed by atoms with Gasteiger partial charge in [-0.25, -0.2) is 8.42 Å². The Kier molecular flexibility index (Phi) is 5.98. The Hall–Kier alpha value is -0.430. The molecule has 1 N–H and O–H groups in total. The van der Waals surface area contributed by atoms with Crippen LogP contribution in [0.3, 0.4) is 0 Å². The molecule has 4 nitrogen and oxygen atoms in total. The molecule has 0 saturated carbocycles. The predicted octanol–water partition coefficient (Wildman–Crippen LogP) is 2.59. The number of hydrogen-bond donors (Lipinski definition) is 1. The molecule has 0 atom stereocenters. The van der Waals surface area contributed by atoms with Gasteiger partial charge in [-0.05, 0) is 45.2 Å². The fourth-order valence-corrected chi connectivity index (χ4v) is 5.62. The van der Waals surface area contributed by atoms with Crippen LogP contribution in [0.25, 0.3) is 0 Å². The normalized spacial score (nSPS) is 12.6. The molecular formula is C13H24N2O2S2. The number of hydrogen-bond acceptors (Lipinski definition) is 4. The second-order valence-corrected chi connectivity index (χ2v) is 7.70. The lowest BCUT2D eigenvalue weighted by Crippen LogP contribution is -2.38. The summed E-state index contributed by atoms with van der Waals surface area (Å²) in [7, 11) is -1.57. The molecule has 0 fully saturated rings. The van der Waals surface area contributed by atoms with Crippen LogP contribution in [0.5, 0.6) is 0 Å². The van der Waals surface area contributed by atoms with E-state index >= 15 is 0 Å². The maximum atomic E-state index is 12.8. The minimum absolute atomic E-state index is 0.0216. The third-order valence-corrected chi connectivity index (χ3v) is 6.45. The Bertz CT molecular complexity index is 507. The van der Waals surface area contributed by atoms with Crippen LogP contribution < -0.4 is 5.32 Å². The molecule has 1 heterocycles. The van der Waals surface area contributed by atoms with E-state index in [0.29, 0.717) is 18.0 Å². The number of nitrogens with zero attached hydrogens (tertiary/aromatic N) is 1. The minimum Gasteiger partial charge on any atom is -0.315 e. The molecule has 0 unspecified atom stereocenters. The standard InChI is InChI=1S/C13H24N2O2S2/c1-6-7-15(10(2)3)19(16,17)13-11(4)9-18-12(13)8-14-5/h9-10,14H,6-8H2,1-5H3. The van der Waals surface area contributed by atoms with Crippen LogP contribution >= 0.6 is 11.3 Å². The summed E-state index contributed by atoms with van der Waals surface area (Å²) in [5.74, 6) is 0. The molecule has 1 aromatic heterocycles. The van der Waals surface area contributed by atoms with Crippen molar-refractivity contribution < 1.29 is 8.42 Å². The van der Waals surface area contributed by atoms with E-state index in [1.54, 1.807) is 4.31 Å². The zero-order valence-corrected chi connectivity index (χ0v) is 14.0. The van der Waals surface area contributed by atoms with Gasteiger partial charge in [-0.3, -0.25) is 0 Å². The molecule has 0 aliphatic rings. The fraction of sp³-hybridized carbons (Fsp3) is 0.692. The van der Waals surface area contributed by atoms with Gasteiger partial charge in [0, 0.05) is 24.0 Å². The van der Waals surface area contributed by atoms with E-state index in [4.69, 9.17) is 0 Å². The summed E-state index contributed by atoms with van der Waals surface area (Å²) in [6.07, 6.45) is 0.821. The predicted molar refractivity (Wildman–Crippen MR) is 81.1 cm³/mol. The average molecular weight is 304 g/mol. The third-order valence-electron chi connectivity index (χ3n) is 2.91. The smallest absolute Gasteiger partial charge is 0.244 e. The average Bonchev–Trinajstić information content (AvgIpc) is 2.68. The summed E-state index contributed by atoms with van der Waals surface area (Å²) in [6.45, 7) is 8.87. The number of thiophene rings is 1. The first-order chi connectivity index (χ1) is 8.86. The maximum Gasteiger partial charge on any atom is 0.244 e. The topological polar surface area (TPSA) is 49.4 Å². The van der Waals surface area contributed by atoms with E-state index in [-0.39, 0.29) is 6.04 Å². The van der Waals surface area contributed by atoms with Gasteiger partial charge < -0.3 is 5.32 Å². The number of aryl methyl sites for hydroxylation is 1. The van der Waals surface area contributed by atoms with Gasteiger partial charge in [-0.15, -0.1) is 11.3 Å². The lowest BCUT2D eigenvalue weighted by Gasteiger charge is -2.26. The largest absolute Gasteiger partial charge is 0.315 e. The highest BCUT2D eigenvalue weighted by Gasteiger charge is 2.30. The molecule has 110 valence electrons. The Morgan fingerprint density at radius 3 is 2.53 bits per heavy atom. The second kappa shape index (κ2) is 6.83. The van der Waals surface area contributed by atoms with Gasteiger partial charge >= 0.3 is 0 Å². The molecule has 0 aliphatic carbocycles. The Morgan fingerprint density at radius 1 is 1.42 bits per heavy atom. The fourth-order valence-electron chi connectivity index (χ4n) is 2.11. The Balaban J connectivity index is 3.28. The van der Waals surface area contributed by atoms with E-state index in [1.807, 2.05) is 40.1 Å². The van der Waals surface area contributed by atoms with E-state index < -0.39 is 10.0 Å². The molecule has 0 amide bonds. The van der Waals surface area contributed by atoms with Crippen molar-refractivity contribution in [1.82, 2.24) is 9.62 Å². The summed E-state index contributed by atoms with van der Waals surface area (Å²) in [5, 5.41) is 4.96. The molecule has 1 aromatic rings. The third kappa shape index (κ3) is 3.56. The van der Waals surface area contributed by atoms with Crippen molar-refractivity contribution >= 4 is 21.4 Å². The number of sulfonamides is 1. The first-order valence-electron chi connectivity index (χ1n) is 6.59. The monoisotopic (exact) mass is 304 g/mol. The number of nitrogens with one attached hydrogen (secondary N) is 1. The van der Waals surface area contributed by atoms with Crippen molar-refractivity contribution in [3.63, 3.8) is 0 Å². The zero-order valence-electron chi connectivity index (χ0n) is 12.4. The van der Waals surface area contributed by atoms with Crippen LogP contribution in [-0.4, -0.2) is 32.4 Å². The van der Waals surface area contributed by atoms with E-state index in [2.05, 4.69) is 5.32 Å². The first-order valence-corrected chi connectivity index (χ1v) is 8.91. The minimum atomic E-state index is -3.40. The second-order valence-electron chi connectivity index (χ2n) is 4.91. The van der Waals surface area contributed by atoms with Crippen molar-refractivity contribution in [2.24, 2.45) is 0 Å². The van der Waals surface area contributed by atoms with Crippen LogP contribution in [0.2, 0.25) is 0 Å². The van der Waals surface area contributed by atoms with Gasteiger partial charge in [0.1, 0.15) is 4.90 Å². The first kappa shape index (κ1) is 16.6. The molecule has 0 aromatic carbocycles. The summed E-state index contributed by atoms with van der Waals surface area (Å²) < 4.78 is 27.3. The summed E-state index contributed by atoms with van der Waals surface area (Å²) in [5.41, 5.74) is 0.844. The van der Waals surface area contributed by atoms with Crippen molar-refractivity contribution in [3.05, 3.63) is 15.8 Å². The molecule has 0 aliphatic heterocycles. The molecule has 0 saturated heterocycles. The van der Waals surface area contributed by atoms with E-state index in [9.17, 15) is 8.42 Å². The van der Waals surface area contributed by atoms with Gasteiger partial charge in [0.2, 0.25) is 10.0 Å².